The van der Waals surface area contributed by atoms with Crippen LogP contribution in [0.15, 0.2) is 54.9 Å². The first-order chi connectivity index (χ1) is 14.0. The van der Waals surface area contributed by atoms with E-state index in [2.05, 4.69) is 98.5 Å². The molecule has 0 amide bonds. The van der Waals surface area contributed by atoms with Crippen LogP contribution in [-0.2, 0) is 45.7 Å². The van der Waals surface area contributed by atoms with Gasteiger partial charge in [0.2, 0.25) is 0 Å². The maximum atomic E-state index is 12.6. The zero-order valence-electron chi connectivity index (χ0n) is 16.7. The molecule has 0 N–H and O–H groups in total. The second-order valence-electron chi connectivity index (χ2n) is 6.86. The Morgan fingerprint density at radius 2 is 1.67 bits per heavy atom. The van der Waals surface area contributed by atoms with Crippen LogP contribution in [-0.4, -0.2) is 10.5 Å². The van der Waals surface area contributed by atoms with Gasteiger partial charge in [-0.2, -0.15) is 1.33 Å². The number of nitrogens with zero attached hydrogens (tertiary/aromatic N) is 3. The molecule has 3 rings (SSSR count). The quantitative estimate of drug-likeness (QED) is 0.209. The minimum atomic E-state index is -4.29. The third-order valence-electron chi connectivity index (χ3n) is 4.44. The number of benzene rings is 2. The Bertz CT molecular complexity index is 1040. The van der Waals surface area contributed by atoms with Crippen molar-refractivity contribution >= 4 is 45.7 Å². The van der Waals surface area contributed by atoms with E-state index in [1.54, 1.807) is 6.07 Å². The molecule has 166 valence electrons. The van der Waals surface area contributed by atoms with Crippen LogP contribution in [0.5, 0.6) is 0 Å². The Hall–Kier alpha value is -0.452. The first kappa shape index (κ1) is 25.8. The van der Waals surface area contributed by atoms with Crippen LogP contribution in [0, 0.1) is 17.7 Å². The molecule has 1 heterocycles. The third kappa shape index (κ3) is 7.91. The first-order valence-electron chi connectivity index (χ1n) is 8.96. The minimum absolute atomic E-state index is 0.434. The summed E-state index contributed by atoms with van der Waals surface area (Å²) >= 11 is 6.71. The molecule has 0 atom stereocenters. The van der Waals surface area contributed by atoms with Crippen LogP contribution in [0.2, 0.25) is 0 Å². The van der Waals surface area contributed by atoms with Crippen LogP contribution >= 0.6 is 45.7 Å². The molecule has 9 heteroatoms. The van der Waals surface area contributed by atoms with Crippen molar-refractivity contribution in [2.24, 2.45) is 7.05 Å². The Labute approximate surface area is 213 Å². The monoisotopic (exact) mass is 822 g/mol. The normalized spacial score (nSPS) is 11.4. The van der Waals surface area contributed by atoms with Gasteiger partial charge in [0.1, 0.15) is 0 Å². The summed E-state index contributed by atoms with van der Waals surface area (Å²) in [6.45, 7) is 5.74. The molecule has 0 saturated carbocycles. The van der Waals surface area contributed by atoms with Gasteiger partial charge in [0, 0.05) is 52.3 Å². The van der Waals surface area contributed by atoms with Crippen LogP contribution < -0.4 is 0 Å². The van der Waals surface area contributed by atoms with E-state index >= 15 is 0 Å². The molecule has 0 aliphatic rings. The molecule has 0 spiro atoms. The van der Waals surface area contributed by atoms with Crippen molar-refractivity contribution in [3.63, 3.8) is 0 Å². The average molecular weight is 822 g/mol. The van der Waals surface area contributed by atoms with Gasteiger partial charge >= 0.3 is 113 Å². The number of aryl methyl sites for hydroxylation is 3. The number of halogens is 5. The SMILES string of the molecule is Cc1ccc(CN(I)I)cc1C.Cn1ccn(Cc2cccc(C(F)(F)F)c2)[c]1=[Pt]. The van der Waals surface area contributed by atoms with Gasteiger partial charge in [0.15, 0.2) is 0 Å². The van der Waals surface area contributed by atoms with Gasteiger partial charge < -0.3 is 0 Å². The van der Waals surface area contributed by atoms with Gasteiger partial charge in [-0.25, -0.2) is 0 Å². The first-order valence-corrected chi connectivity index (χ1v) is 12.0. The van der Waals surface area contributed by atoms with Crippen molar-refractivity contribution in [2.45, 2.75) is 33.1 Å². The number of rotatable bonds is 4. The summed E-state index contributed by atoms with van der Waals surface area (Å²) in [6.07, 6.45) is -0.566. The van der Waals surface area contributed by atoms with Gasteiger partial charge in [0.05, 0.1) is 0 Å². The summed E-state index contributed by atoms with van der Waals surface area (Å²) < 4.78 is 44.6. The van der Waals surface area contributed by atoms with E-state index in [9.17, 15) is 13.2 Å². The number of alkyl halides is 3. The molecule has 3 aromatic rings. The number of aromatic nitrogens is 2. The molecule has 0 aliphatic carbocycles. The molecular weight excluding hydrogens is 800 g/mol. The predicted molar refractivity (Wildman–Crippen MR) is 127 cm³/mol. The van der Waals surface area contributed by atoms with Gasteiger partial charge in [-0.1, -0.05) is 18.2 Å². The van der Waals surface area contributed by atoms with E-state index in [0.717, 1.165) is 16.4 Å². The molecule has 0 saturated heterocycles. The fourth-order valence-corrected chi connectivity index (χ4v) is 4.00. The van der Waals surface area contributed by atoms with Crippen molar-refractivity contribution in [3.8, 4) is 0 Å². The molecule has 2 aromatic carbocycles. The molecule has 0 aliphatic heterocycles. The third-order valence-corrected chi connectivity index (χ3v) is 6.58. The molecule has 1 aromatic heterocycles. The summed E-state index contributed by atoms with van der Waals surface area (Å²) in [6, 6.07) is 12.0. The van der Waals surface area contributed by atoms with Crippen molar-refractivity contribution in [3.05, 3.63) is 86.5 Å². The second-order valence-corrected chi connectivity index (χ2v) is 12.0. The summed E-state index contributed by atoms with van der Waals surface area (Å²) in [5.74, 6) is 0. The molecular formula is C21H22F3I2N3Pt. The van der Waals surface area contributed by atoms with E-state index in [0.29, 0.717) is 12.1 Å². The van der Waals surface area contributed by atoms with Crippen LogP contribution in [0.4, 0.5) is 13.2 Å². The molecule has 0 radical (unpaired) electrons. The summed E-state index contributed by atoms with van der Waals surface area (Å²) in [7, 11) is 1.89. The van der Waals surface area contributed by atoms with Crippen molar-refractivity contribution in [1.82, 2.24) is 10.5 Å². The van der Waals surface area contributed by atoms with Crippen LogP contribution in [0.25, 0.3) is 0 Å². The van der Waals surface area contributed by atoms with Crippen molar-refractivity contribution in [2.75, 3.05) is 0 Å². The Balaban J connectivity index is 0.000000232. The summed E-state index contributed by atoms with van der Waals surface area (Å²) in [4.78, 5) is 0. The second kappa shape index (κ2) is 11.4. The van der Waals surface area contributed by atoms with Crippen molar-refractivity contribution in [1.29, 1.82) is 0 Å². The van der Waals surface area contributed by atoms with E-state index in [1.807, 2.05) is 28.6 Å². The zero-order valence-corrected chi connectivity index (χ0v) is 23.2. The Morgan fingerprint density at radius 3 is 2.20 bits per heavy atom. The number of hydrogen-bond acceptors (Lipinski definition) is 1. The van der Waals surface area contributed by atoms with Gasteiger partial charge in [-0.05, 0) is 30.5 Å². The summed E-state index contributed by atoms with van der Waals surface area (Å²) in [5, 5.41) is 0. The van der Waals surface area contributed by atoms with Gasteiger partial charge in [-0.15, -0.1) is 0 Å². The topological polar surface area (TPSA) is 13.1 Å². The zero-order chi connectivity index (χ0) is 22.5. The summed E-state index contributed by atoms with van der Waals surface area (Å²) in [5.41, 5.74) is 4.15. The number of hydrogen-bond donors (Lipinski definition) is 0. The van der Waals surface area contributed by atoms with E-state index in [4.69, 9.17) is 0 Å². The Morgan fingerprint density at radius 1 is 0.967 bits per heavy atom. The van der Waals surface area contributed by atoms with E-state index in [1.165, 1.54) is 28.8 Å². The fourth-order valence-electron chi connectivity index (χ4n) is 2.69. The molecule has 30 heavy (non-hydrogen) atoms. The van der Waals surface area contributed by atoms with Gasteiger partial charge in [0.25, 0.3) is 0 Å². The van der Waals surface area contributed by atoms with Crippen molar-refractivity contribution < 1.29 is 32.5 Å². The van der Waals surface area contributed by atoms with E-state index < -0.39 is 11.7 Å². The number of imidazole rings is 1. The molecule has 0 unspecified atom stereocenters. The van der Waals surface area contributed by atoms with Crippen LogP contribution in [0.1, 0.15) is 27.8 Å². The molecule has 3 nitrogen and oxygen atoms in total. The fraction of sp³-hybridized carbons (Fsp3) is 0.286. The predicted octanol–water partition coefficient (Wildman–Crippen LogP) is 6.78. The van der Waals surface area contributed by atoms with Gasteiger partial charge in [-0.3, -0.25) is 0 Å². The molecule has 0 bridgehead atoms. The standard InChI is InChI=1S/C12H11F3N2.C9H11I2N.Pt/c1-16-5-6-17(9-16)8-10-3-2-4-11(7-10)12(13,14)15;1-7-3-4-9(5-8(7)2)6-12(10)11;/h2-7H,8H2,1H3;3-5H,6H2,1-2H3;. The Kier molecular flexibility index (Phi) is 9.83. The molecule has 0 fully saturated rings. The average Bonchev–Trinajstić information content (AvgIpc) is 2.97. The van der Waals surface area contributed by atoms with Crippen LogP contribution in [0.3, 0.4) is 0 Å². The maximum absolute atomic E-state index is 12.6. The van der Waals surface area contributed by atoms with E-state index in [-0.39, 0.29) is 0 Å².